The van der Waals surface area contributed by atoms with E-state index < -0.39 is 21.8 Å². The lowest BCUT2D eigenvalue weighted by molar-refractivity contribution is -0.139. The van der Waals surface area contributed by atoms with Crippen molar-refractivity contribution in [2.75, 3.05) is 25.4 Å². The summed E-state index contributed by atoms with van der Waals surface area (Å²) >= 11 is 1.44. The Kier molecular flexibility index (Phi) is 5.48. The van der Waals surface area contributed by atoms with E-state index in [-0.39, 0.29) is 25.4 Å². The number of hydrogen-bond acceptors (Lipinski definition) is 6. The number of nitrogens with one attached hydrogen (secondary N) is 2. The molecule has 1 aliphatic rings. The quantitative estimate of drug-likeness (QED) is 0.680. The minimum Gasteiger partial charge on any atom is -0.347 e. The Morgan fingerprint density at radius 2 is 2.09 bits per heavy atom. The molecule has 2 heterocycles. The summed E-state index contributed by atoms with van der Waals surface area (Å²) in [6.45, 7) is 2.87. The van der Waals surface area contributed by atoms with Crippen LogP contribution in [0.15, 0.2) is 6.20 Å². The van der Waals surface area contributed by atoms with Crippen molar-refractivity contribution in [3.05, 3.63) is 16.1 Å². The Balaban J connectivity index is 1.69. The SMILES string of the molecule is Cc1cnc(CNC(=O)C(=O)NCCN2CCCS2(=O)=O)s1. The van der Waals surface area contributed by atoms with Crippen LogP contribution >= 0.6 is 11.3 Å². The number of nitrogens with zero attached hydrogens (tertiary/aromatic N) is 2. The molecule has 0 aromatic carbocycles. The molecule has 2 rings (SSSR count). The molecule has 0 unspecified atom stereocenters. The normalized spacial score (nSPS) is 17.3. The van der Waals surface area contributed by atoms with Crippen LogP contribution in [-0.2, 0) is 26.2 Å². The first-order chi connectivity index (χ1) is 10.4. The lowest BCUT2D eigenvalue weighted by atomic mass is 10.4. The van der Waals surface area contributed by atoms with Crippen molar-refractivity contribution in [3.8, 4) is 0 Å². The zero-order valence-corrected chi connectivity index (χ0v) is 13.8. The summed E-state index contributed by atoms with van der Waals surface area (Å²) in [4.78, 5) is 28.3. The van der Waals surface area contributed by atoms with Gasteiger partial charge in [0.15, 0.2) is 0 Å². The fraction of sp³-hybridized carbons (Fsp3) is 0.583. The highest BCUT2D eigenvalue weighted by atomic mass is 32.2. The molecule has 1 aliphatic heterocycles. The number of sulfonamides is 1. The molecule has 1 saturated heterocycles. The van der Waals surface area contributed by atoms with Crippen LogP contribution in [0.3, 0.4) is 0 Å². The molecule has 0 atom stereocenters. The van der Waals surface area contributed by atoms with Gasteiger partial charge in [-0.25, -0.2) is 17.7 Å². The second-order valence-electron chi connectivity index (χ2n) is 4.87. The highest BCUT2D eigenvalue weighted by Crippen LogP contribution is 2.12. The van der Waals surface area contributed by atoms with Crippen LogP contribution in [-0.4, -0.2) is 54.9 Å². The number of hydrogen-bond donors (Lipinski definition) is 2. The van der Waals surface area contributed by atoms with E-state index in [0.717, 1.165) is 9.88 Å². The third kappa shape index (κ3) is 4.49. The van der Waals surface area contributed by atoms with E-state index >= 15 is 0 Å². The Bertz CT molecular complexity index is 656. The van der Waals surface area contributed by atoms with E-state index in [4.69, 9.17) is 0 Å². The fourth-order valence-electron chi connectivity index (χ4n) is 2.04. The van der Waals surface area contributed by atoms with Gasteiger partial charge in [0.25, 0.3) is 0 Å². The smallest absolute Gasteiger partial charge is 0.309 e. The summed E-state index contributed by atoms with van der Waals surface area (Å²) in [5, 5.41) is 5.61. The van der Waals surface area contributed by atoms with Crippen LogP contribution in [0.4, 0.5) is 0 Å². The molecule has 8 nitrogen and oxygen atoms in total. The maximum Gasteiger partial charge on any atom is 0.309 e. The number of rotatable bonds is 5. The van der Waals surface area contributed by atoms with Crippen molar-refractivity contribution in [1.82, 2.24) is 19.9 Å². The number of aromatic nitrogens is 1. The molecular weight excluding hydrogens is 328 g/mol. The topological polar surface area (TPSA) is 108 Å². The van der Waals surface area contributed by atoms with Gasteiger partial charge in [-0.15, -0.1) is 11.3 Å². The minimum absolute atomic E-state index is 0.113. The largest absolute Gasteiger partial charge is 0.347 e. The predicted octanol–water partition coefficient (Wildman–Crippen LogP) is -0.781. The van der Waals surface area contributed by atoms with Gasteiger partial charge in [0.05, 0.1) is 12.3 Å². The highest BCUT2D eigenvalue weighted by Gasteiger charge is 2.27. The molecule has 1 aromatic heterocycles. The van der Waals surface area contributed by atoms with Crippen LogP contribution in [0.5, 0.6) is 0 Å². The van der Waals surface area contributed by atoms with E-state index in [0.29, 0.717) is 13.0 Å². The number of carbonyl (C=O) groups is 2. The fourth-order valence-corrected chi connectivity index (χ4v) is 4.29. The molecule has 0 saturated carbocycles. The average Bonchev–Trinajstić information content (AvgIpc) is 3.02. The first kappa shape index (κ1) is 16.8. The van der Waals surface area contributed by atoms with E-state index in [9.17, 15) is 18.0 Å². The van der Waals surface area contributed by atoms with E-state index in [2.05, 4.69) is 15.6 Å². The Morgan fingerprint density at radius 3 is 2.68 bits per heavy atom. The molecule has 0 radical (unpaired) electrons. The van der Waals surface area contributed by atoms with Gasteiger partial charge >= 0.3 is 11.8 Å². The van der Waals surface area contributed by atoms with Gasteiger partial charge in [0.1, 0.15) is 5.01 Å². The van der Waals surface area contributed by atoms with Gasteiger partial charge in [-0.3, -0.25) is 9.59 Å². The summed E-state index contributed by atoms with van der Waals surface area (Å²) in [5.74, 6) is -1.38. The predicted molar refractivity (Wildman–Crippen MR) is 81.7 cm³/mol. The zero-order chi connectivity index (χ0) is 16.2. The average molecular weight is 346 g/mol. The van der Waals surface area contributed by atoms with Crippen molar-refractivity contribution in [2.45, 2.75) is 19.9 Å². The molecule has 10 heteroatoms. The Morgan fingerprint density at radius 1 is 1.36 bits per heavy atom. The molecule has 0 spiro atoms. The maximum atomic E-state index is 11.6. The summed E-state index contributed by atoms with van der Waals surface area (Å²) < 4.78 is 24.4. The van der Waals surface area contributed by atoms with Crippen molar-refractivity contribution >= 4 is 33.2 Å². The van der Waals surface area contributed by atoms with Gasteiger partial charge in [-0.05, 0) is 13.3 Å². The summed E-state index contributed by atoms with van der Waals surface area (Å²) in [6.07, 6.45) is 2.30. The van der Waals surface area contributed by atoms with Gasteiger partial charge in [0, 0.05) is 30.7 Å². The van der Waals surface area contributed by atoms with E-state index in [1.165, 1.54) is 15.6 Å². The van der Waals surface area contributed by atoms with Crippen LogP contribution in [0.1, 0.15) is 16.3 Å². The summed E-state index contributed by atoms with van der Waals surface area (Å²) in [7, 11) is -3.17. The molecule has 1 aromatic rings. The minimum atomic E-state index is -3.17. The van der Waals surface area contributed by atoms with E-state index in [1.54, 1.807) is 6.20 Å². The van der Waals surface area contributed by atoms with E-state index in [1.807, 2.05) is 6.92 Å². The summed E-state index contributed by atoms with van der Waals surface area (Å²) in [5.41, 5.74) is 0. The molecule has 0 aliphatic carbocycles. The first-order valence-electron chi connectivity index (χ1n) is 6.83. The van der Waals surface area contributed by atoms with Crippen LogP contribution in [0.25, 0.3) is 0 Å². The van der Waals surface area contributed by atoms with Crippen molar-refractivity contribution < 1.29 is 18.0 Å². The zero-order valence-electron chi connectivity index (χ0n) is 12.2. The second kappa shape index (κ2) is 7.16. The lowest BCUT2D eigenvalue weighted by Crippen LogP contribution is -2.43. The van der Waals surface area contributed by atoms with Gasteiger partial charge in [-0.1, -0.05) is 0 Å². The maximum absolute atomic E-state index is 11.6. The number of aryl methyl sites for hydroxylation is 1. The standard InChI is InChI=1S/C12H18N4O4S2/c1-9-7-14-10(21-9)8-15-12(18)11(17)13-3-5-16-4-2-6-22(16,19)20/h7H,2-6,8H2,1H3,(H,13,17)(H,15,18). The number of thiazole rings is 1. The van der Waals surface area contributed by atoms with Gasteiger partial charge in [0.2, 0.25) is 10.0 Å². The highest BCUT2D eigenvalue weighted by molar-refractivity contribution is 7.89. The first-order valence-corrected chi connectivity index (χ1v) is 9.26. The number of amides is 2. The molecular formula is C12H18N4O4S2. The Hall–Kier alpha value is -1.52. The van der Waals surface area contributed by atoms with Crippen LogP contribution < -0.4 is 10.6 Å². The van der Waals surface area contributed by atoms with Crippen LogP contribution in [0.2, 0.25) is 0 Å². The molecule has 22 heavy (non-hydrogen) atoms. The van der Waals surface area contributed by atoms with Crippen molar-refractivity contribution in [2.24, 2.45) is 0 Å². The molecule has 2 N–H and O–H groups in total. The lowest BCUT2D eigenvalue weighted by Gasteiger charge is -2.14. The third-order valence-electron chi connectivity index (χ3n) is 3.13. The molecule has 1 fully saturated rings. The monoisotopic (exact) mass is 346 g/mol. The second-order valence-corrected chi connectivity index (χ2v) is 8.28. The van der Waals surface area contributed by atoms with Gasteiger partial charge in [-0.2, -0.15) is 0 Å². The van der Waals surface area contributed by atoms with Crippen molar-refractivity contribution in [1.29, 1.82) is 0 Å². The van der Waals surface area contributed by atoms with Crippen LogP contribution in [0, 0.1) is 6.92 Å². The third-order valence-corrected chi connectivity index (χ3v) is 5.99. The Labute approximate surface area is 133 Å². The van der Waals surface area contributed by atoms with Gasteiger partial charge < -0.3 is 10.6 Å². The molecule has 122 valence electrons. The number of carbonyl (C=O) groups excluding carboxylic acids is 2. The molecule has 0 bridgehead atoms. The van der Waals surface area contributed by atoms with Crippen molar-refractivity contribution in [3.63, 3.8) is 0 Å². The molecule has 2 amide bonds. The summed E-state index contributed by atoms with van der Waals surface area (Å²) in [6, 6.07) is 0.